The first-order valence-electron chi connectivity index (χ1n) is 10.0. The highest BCUT2D eigenvalue weighted by atomic mass is 16.5. The van der Waals surface area contributed by atoms with Gasteiger partial charge in [-0.25, -0.2) is 0 Å². The first-order valence-corrected chi connectivity index (χ1v) is 10.0. The molecule has 0 aromatic heterocycles. The molecule has 1 N–H and O–H groups in total. The quantitative estimate of drug-likeness (QED) is 0.107. The summed E-state index contributed by atoms with van der Waals surface area (Å²) in [7, 11) is 0. The second-order valence-electron chi connectivity index (χ2n) is 6.45. The SMILES string of the molecule is CCCCCCCCCCCCCC#C[C@@H](O)[C@@H](N=[N+]=[N-])C(=O)OCC. The fourth-order valence-electron chi connectivity index (χ4n) is 2.66. The molecule has 0 unspecified atom stereocenters. The van der Waals surface area contributed by atoms with Crippen LogP contribution in [0.5, 0.6) is 0 Å². The third kappa shape index (κ3) is 13.6. The molecule has 0 amide bonds. The van der Waals surface area contributed by atoms with Crippen LogP contribution >= 0.6 is 0 Å². The maximum atomic E-state index is 11.6. The maximum absolute atomic E-state index is 11.6. The molecule has 6 nitrogen and oxygen atoms in total. The van der Waals surface area contributed by atoms with Crippen LogP contribution in [0.2, 0.25) is 0 Å². The second-order valence-corrected chi connectivity index (χ2v) is 6.45. The van der Waals surface area contributed by atoms with Crippen molar-refractivity contribution in [1.82, 2.24) is 0 Å². The van der Waals surface area contributed by atoms with Crippen molar-refractivity contribution in [2.75, 3.05) is 6.61 Å². The van der Waals surface area contributed by atoms with Crippen molar-refractivity contribution in [3.05, 3.63) is 10.4 Å². The van der Waals surface area contributed by atoms with E-state index < -0.39 is 18.1 Å². The van der Waals surface area contributed by atoms with Gasteiger partial charge in [-0.05, 0) is 18.9 Å². The summed E-state index contributed by atoms with van der Waals surface area (Å²) < 4.78 is 4.77. The molecule has 0 aliphatic rings. The normalized spacial score (nSPS) is 12.4. The van der Waals surface area contributed by atoms with Crippen molar-refractivity contribution in [2.45, 2.75) is 103 Å². The molecular formula is C20H35N3O3. The Balaban J connectivity index is 3.77. The maximum Gasteiger partial charge on any atom is 0.318 e. The highest BCUT2D eigenvalue weighted by Gasteiger charge is 2.25. The number of carbonyl (C=O) groups is 1. The number of ether oxygens (including phenoxy) is 1. The van der Waals surface area contributed by atoms with E-state index in [9.17, 15) is 9.90 Å². The van der Waals surface area contributed by atoms with Gasteiger partial charge in [0.1, 0.15) is 6.10 Å². The van der Waals surface area contributed by atoms with Crippen molar-refractivity contribution < 1.29 is 14.6 Å². The second kappa shape index (κ2) is 18.1. The predicted octanol–water partition coefficient (Wildman–Crippen LogP) is 5.29. The van der Waals surface area contributed by atoms with E-state index in [1.165, 1.54) is 57.8 Å². The molecule has 0 aromatic rings. The largest absolute Gasteiger partial charge is 0.466 e. The van der Waals surface area contributed by atoms with Gasteiger partial charge in [-0.1, -0.05) is 82.2 Å². The predicted molar refractivity (Wildman–Crippen MR) is 104 cm³/mol. The highest BCUT2D eigenvalue weighted by Crippen LogP contribution is 2.11. The minimum Gasteiger partial charge on any atom is -0.466 e. The molecule has 0 saturated heterocycles. The van der Waals surface area contributed by atoms with Crippen molar-refractivity contribution in [3.63, 3.8) is 0 Å². The number of hydrogen-bond acceptors (Lipinski definition) is 4. The number of aliphatic hydroxyl groups is 1. The van der Waals surface area contributed by atoms with Gasteiger partial charge in [0.05, 0.1) is 6.61 Å². The Labute approximate surface area is 158 Å². The third-order valence-corrected chi connectivity index (χ3v) is 4.16. The van der Waals surface area contributed by atoms with Gasteiger partial charge in [-0.2, -0.15) is 0 Å². The van der Waals surface area contributed by atoms with Gasteiger partial charge in [0.25, 0.3) is 0 Å². The van der Waals surface area contributed by atoms with Crippen LogP contribution in [0, 0.1) is 11.8 Å². The van der Waals surface area contributed by atoms with E-state index in [0.717, 1.165) is 12.8 Å². The Kier molecular flexibility index (Phi) is 16.9. The number of aliphatic hydroxyl groups excluding tert-OH is 1. The standard InChI is InChI=1S/C20H35N3O3/c1-3-5-6-7-8-9-10-11-12-13-14-15-16-17-18(24)19(22-23-21)20(25)26-4-2/h18-19,24H,3-15H2,1-2H3/t18-,19-/m1/s1. The van der Waals surface area contributed by atoms with Gasteiger partial charge in [0.2, 0.25) is 0 Å². The van der Waals surface area contributed by atoms with Gasteiger partial charge < -0.3 is 9.84 Å². The Hall–Kier alpha value is -1.70. The zero-order valence-electron chi connectivity index (χ0n) is 16.5. The zero-order chi connectivity index (χ0) is 19.5. The van der Waals surface area contributed by atoms with Crippen LogP contribution in [0.1, 0.15) is 90.9 Å². The van der Waals surface area contributed by atoms with Gasteiger partial charge in [0, 0.05) is 11.3 Å². The number of nitrogens with zero attached hydrogens (tertiary/aromatic N) is 3. The highest BCUT2D eigenvalue weighted by molar-refractivity contribution is 5.77. The van der Waals surface area contributed by atoms with Crippen LogP contribution in [0.25, 0.3) is 10.4 Å². The molecule has 0 aromatic carbocycles. The monoisotopic (exact) mass is 365 g/mol. The number of azide groups is 1. The van der Waals surface area contributed by atoms with Crippen LogP contribution in [-0.2, 0) is 9.53 Å². The molecule has 26 heavy (non-hydrogen) atoms. The van der Waals surface area contributed by atoms with Crippen LogP contribution < -0.4 is 0 Å². The molecule has 0 fully saturated rings. The van der Waals surface area contributed by atoms with E-state index in [2.05, 4.69) is 28.8 Å². The molecule has 0 aliphatic heterocycles. The van der Waals surface area contributed by atoms with Crippen molar-refractivity contribution in [3.8, 4) is 11.8 Å². The Morgan fingerprint density at radius 3 is 2.08 bits per heavy atom. The van der Waals surface area contributed by atoms with E-state index in [1.54, 1.807) is 6.92 Å². The Bertz CT molecular complexity index is 465. The molecule has 148 valence electrons. The fraction of sp³-hybridized carbons (Fsp3) is 0.850. The zero-order valence-corrected chi connectivity index (χ0v) is 16.5. The summed E-state index contributed by atoms with van der Waals surface area (Å²) in [4.78, 5) is 14.2. The lowest BCUT2D eigenvalue weighted by molar-refractivity contribution is -0.146. The van der Waals surface area contributed by atoms with Crippen molar-refractivity contribution in [1.29, 1.82) is 0 Å². The summed E-state index contributed by atoms with van der Waals surface area (Å²) in [5, 5.41) is 13.2. The van der Waals surface area contributed by atoms with Crippen LogP contribution in [0.15, 0.2) is 5.11 Å². The first-order chi connectivity index (χ1) is 12.7. The van der Waals surface area contributed by atoms with E-state index in [-0.39, 0.29) is 6.61 Å². The molecule has 0 saturated carbocycles. The number of esters is 1. The summed E-state index contributed by atoms with van der Waals surface area (Å²) in [6, 6.07) is -1.30. The van der Waals surface area contributed by atoms with E-state index in [4.69, 9.17) is 10.3 Å². The van der Waals surface area contributed by atoms with Crippen LogP contribution in [0.4, 0.5) is 0 Å². The molecule has 2 atom stereocenters. The van der Waals surface area contributed by atoms with Crippen molar-refractivity contribution >= 4 is 5.97 Å². The van der Waals surface area contributed by atoms with Crippen LogP contribution in [0.3, 0.4) is 0 Å². The van der Waals surface area contributed by atoms with Gasteiger partial charge >= 0.3 is 5.97 Å². The van der Waals surface area contributed by atoms with E-state index >= 15 is 0 Å². The summed E-state index contributed by atoms with van der Waals surface area (Å²) in [5.41, 5.74) is 8.48. The molecule has 0 radical (unpaired) electrons. The number of unbranched alkanes of at least 4 members (excludes halogenated alkanes) is 11. The Morgan fingerprint density at radius 2 is 1.58 bits per heavy atom. The lowest BCUT2D eigenvalue weighted by Crippen LogP contribution is -2.32. The molecular weight excluding hydrogens is 330 g/mol. The minimum absolute atomic E-state index is 0.162. The topological polar surface area (TPSA) is 95.3 Å². The summed E-state index contributed by atoms with van der Waals surface area (Å²) in [6.45, 7) is 4.05. The number of carbonyl (C=O) groups excluding carboxylic acids is 1. The summed E-state index contributed by atoms with van der Waals surface area (Å²) in [6.07, 6.45) is 13.3. The first kappa shape index (κ1) is 24.3. The molecule has 0 aliphatic carbocycles. The van der Waals surface area contributed by atoms with Crippen LogP contribution in [-0.4, -0.2) is 29.8 Å². The fourth-order valence-corrected chi connectivity index (χ4v) is 2.66. The molecule has 0 rings (SSSR count). The summed E-state index contributed by atoms with van der Waals surface area (Å²) in [5.74, 6) is 4.69. The lowest BCUT2D eigenvalue weighted by Gasteiger charge is -2.11. The minimum atomic E-state index is -1.32. The molecule has 6 heteroatoms. The Morgan fingerprint density at radius 1 is 1.04 bits per heavy atom. The average Bonchev–Trinajstić information content (AvgIpc) is 2.63. The van der Waals surface area contributed by atoms with E-state index in [1.807, 2.05) is 0 Å². The van der Waals surface area contributed by atoms with Gasteiger partial charge in [-0.3, -0.25) is 4.79 Å². The molecule has 0 bridgehead atoms. The van der Waals surface area contributed by atoms with Gasteiger partial charge in [-0.15, -0.1) is 5.92 Å². The smallest absolute Gasteiger partial charge is 0.318 e. The molecule has 0 heterocycles. The number of hydrogen-bond donors (Lipinski definition) is 1. The third-order valence-electron chi connectivity index (χ3n) is 4.16. The van der Waals surface area contributed by atoms with Gasteiger partial charge in [0.15, 0.2) is 6.04 Å². The number of rotatable bonds is 15. The van der Waals surface area contributed by atoms with Crippen molar-refractivity contribution in [2.24, 2.45) is 5.11 Å². The molecule has 0 spiro atoms. The summed E-state index contributed by atoms with van der Waals surface area (Å²) >= 11 is 0. The average molecular weight is 366 g/mol. The van der Waals surface area contributed by atoms with E-state index in [0.29, 0.717) is 6.42 Å². The lowest BCUT2D eigenvalue weighted by atomic mass is 10.1.